The van der Waals surface area contributed by atoms with Gasteiger partial charge >= 0.3 is 5.97 Å². The summed E-state index contributed by atoms with van der Waals surface area (Å²) in [6.07, 6.45) is 10.1. The molecule has 5 nitrogen and oxygen atoms in total. The molecular formula is C16H23N3O2. The van der Waals surface area contributed by atoms with Crippen LogP contribution in [0.25, 0.3) is 0 Å². The fourth-order valence-corrected chi connectivity index (χ4v) is 3.48. The maximum Gasteiger partial charge on any atom is 0.308 e. The molecule has 0 unspecified atom stereocenters. The summed E-state index contributed by atoms with van der Waals surface area (Å²) in [7, 11) is 1.47. The zero-order valence-electron chi connectivity index (χ0n) is 12.6. The van der Waals surface area contributed by atoms with Gasteiger partial charge in [-0.1, -0.05) is 0 Å². The van der Waals surface area contributed by atoms with Gasteiger partial charge in [0.1, 0.15) is 12.1 Å². The van der Waals surface area contributed by atoms with E-state index in [-0.39, 0.29) is 11.9 Å². The lowest BCUT2D eigenvalue weighted by atomic mass is 9.86. The molecule has 0 radical (unpaired) electrons. The maximum absolute atomic E-state index is 11.6. The Balaban J connectivity index is 1.62. The summed E-state index contributed by atoms with van der Waals surface area (Å²) in [5.74, 6) is 1.03. The summed E-state index contributed by atoms with van der Waals surface area (Å²) in [6, 6.07) is 0.409. The number of hydrogen-bond acceptors (Lipinski definition) is 5. The van der Waals surface area contributed by atoms with Gasteiger partial charge in [0.25, 0.3) is 0 Å². The number of carbonyl (C=O) groups excluding carboxylic acids is 1. The molecule has 0 aromatic carbocycles. The summed E-state index contributed by atoms with van der Waals surface area (Å²) in [5, 5.41) is 3.58. The lowest BCUT2D eigenvalue weighted by Crippen LogP contribution is -2.30. The molecular weight excluding hydrogens is 266 g/mol. The molecule has 1 N–H and O–H groups in total. The van der Waals surface area contributed by atoms with Crippen LogP contribution in [0.1, 0.15) is 49.8 Å². The maximum atomic E-state index is 11.6. The number of rotatable bonds is 3. The number of ether oxygens (including phenoxy) is 1. The molecule has 1 fully saturated rings. The number of methoxy groups -OCH3 is 1. The first-order chi connectivity index (χ1) is 10.3. The van der Waals surface area contributed by atoms with Gasteiger partial charge in [0.05, 0.1) is 13.0 Å². The van der Waals surface area contributed by atoms with E-state index in [0.29, 0.717) is 6.04 Å². The van der Waals surface area contributed by atoms with E-state index in [0.717, 1.165) is 44.3 Å². The second-order valence-electron chi connectivity index (χ2n) is 6.07. The van der Waals surface area contributed by atoms with E-state index in [2.05, 4.69) is 15.3 Å². The van der Waals surface area contributed by atoms with Crippen LogP contribution in [0.4, 0.5) is 5.82 Å². The zero-order chi connectivity index (χ0) is 14.7. The van der Waals surface area contributed by atoms with Crippen LogP contribution < -0.4 is 5.32 Å². The third-order valence-electron chi connectivity index (χ3n) is 4.73. The Hall–Kier alpha value is -1.65. The highest BCUT2D eigenvalue weighted by Gasteiger charge is 2.27. The van der Waals surface area contributed by atoms with Crippen molar-refractivity contribution in [3.8, 4) is 0 Å². The second kappa shape index (κ2) is 6.41. The molecule has 0 amide bonds. The Kier molecular flexibility index (Phi) is 4.36. The Morgan fingerprint density at radius 3 is 2.71 bits per heavy atom. The Labute approximate surface area is 125 Å². The van der Waals surface area contributed by atoms with E-state index in [4.69, 9.17) is 4.74 Å². The molecule has 2 aliphatic rings. The van der Waals surface area contributed by atoms with Crippen molar-refractivity contribution in [2.75, 3.05) is 12.4 Å². The minimum absolute atomic E-state index is 0.0622. The van der Waals surface area contributed by atoms with Crippen LogP contribution in [0.3, 0.4) is 0 Å². The van der Waals surface area contributed by atoms with E-state index < -0.39 is 0 Å². The number of nitrogens with one attached hydrogen (secondary N) is 1. The minimum atomic E-state index is -0.0622. The van der Waals surface area contributed by atoms with E-state index in [9.17, 15) is 4.79 Å². The smallest absolute Gasteiger partial charge is 0.308 e. The van der Waals surface area contributed by atoms with Gasteiger partial charge in [0.15, 0.2) is 0 Å². The van der Waals surface area contributed by atoms with Crippen molar-refractivity contribution < 1.29 is 9.53 Å². The van der Waals surface area contributed by atoms with Gasteiger partial charge in [0, 0.05) is 17.3 Å². The van der Waals surface area contributed by atoms with Gasteiger partial charge in [0.2, 0.25) is 0 Å². The highest BCUT2D eigenvalue weighted by Crippen LogP contribution is 2.30. The number of aryl methyl sites for hydroxylation is 1. The number of esters is 1. The van der Waals surface area contributed by atoms with Crippen molar-refractivity contribution in [1.82, 2.24) is 9.97 Å². The number of nitrogens with zero attached hydrogens (tertiary/aromatic N) is 2. The fraction of sp³-hybridized carbons (Fsp3) is 0.688. The average Bonchev–Trinajstić information content (AvgIpc) is 2.55. The highest BCUT2D eigenvalue weighted by atomic mass is 16.5. The molecule has 114 valence electrons. The van der Waals surface area contributed by atoms with Gasteiger partial charge in [-0.05, 0) is 51.4 Å². The van der Waals surface area contributed by atoms with Crippen molar-refractivity contribution in [2.24, 2.45) is 5.92 Å². The van der Waals surface area contributed by atoms with Crippen LogP contribution in [0.5, 0.6) is 0 Å². The molecule has 5 heteroatoms. The van der Waals surface area contributed by atoms with Gasteiger partial charge in [-0.2, -0.15) is 0 Å². The van der Waals surface area contributed by atoms with Crippen LogP contribution in [0.15, 0.2) is 6.33 Å². The molecule has 0 spiro atoms. The fourth-order valence-electron chi connectivity index (χ4n) is 3.48. The summed E-state index contributed by atoms with van der Waals surface area (Å²) in [5.41, 5.74) is 2.51. The van der Waals surface area contributed by atoms with Gasteiger partial charge < -0.3 is 10.1 Å². The molecule has 3 rings (SSSR count). The molecule has 21 heavy (non-hydrogen) atoms. The first-order valence-corrected chi connectivity index (χ1v) is 7.95. The third-order valence-corrected chi connectivity index (χ3v) is 4.73. The monoisotopic (exact) mass is 289 g/mol. The Morgan fingerprint density at radius 2 is 1.95 bits per heavy atom. The summed E-state index contributed by atoms with van der Waals surface area (Å²) < 4.78 is 4.84. The molecule has 0 atom stereocenters. The quantitative estimate of drug-likeness (QED) is 0.866. The number of carbonyl (C=O) groups is 1. The summed E-state index contributed by atoms with van der Waals surface area (Å²) >= 11 is 0. The van der Waals surface area contributed by atoms with Crippen LogP contribution in [-0.4, -0.2) is 29.1 Å². The molecule has 0 bridgehead atoms. The number of aromatic nitrogens is 2. The molecule has 1 heterocycles. The third kappa shape index (κ3) is 3.17. The molecule has 0 aliphatic heterocycles. The minimum Gasteiger partial charge on any atom is -0.469 e. The van der Waals surface area contributed by atoms with E-state index in [1.807, 2.05) is 0 Å². The SMILES string of the molecule is COC(=O)C1CCC(Nc2ncnc3c2CCCC3)CC1. The molecule has 1 saturated carbocycles. The zero-order valence-corrected chi connectivity index (χ0v) is 12.6. The van der Waals surface area contributed by atoms with E-state index in [1.54, 1.807) is 6.33 Å². The molecule has 2 aliphatic carbocycles. The average molecular weight is 289 g/mol. The van der Waals surface area contributed by atoms with E-state index >= 15 is 0 Å². The number of fused-ring (bicyclic) bond motifs is 1. The van der Waals surface area contributed by atoms with Gasteiger partial charge in [-0.25, -0.2) is 9.97 Å². The molecule has 1 aromatic heterocycles. The standard InChI is InChI=1S/C16H23N3O2/c1-21-16(20)11-6-8-12(9-7-11)19-15-13-4-2-3-5-14(13)17-10-18-15/h10-12H,2-9H2,1H3,(H,17,18,19). The van der Waals surface area contributed by atoms with Crippen LogP contribution >= 0.6 is 0 Å². The van der Waals surface area contributed by atoms with Crippen molar-refractivity contribution >= 4 is 11.8 Å². The lowest BCUT2D eigenvalue weighted by molar-refractivity contribution is -0.146. The van der Waals surface area contributed by atoms with Crippen LogP contribution in [-0.2, 0) is 22.4 Å². The second-order valence-corrected chi connectivity index (χ2v) is 6.07. The van der Waals surface area contributed by atoms with Crippen molar-refractivity contribution in [1.29, 1.82) is 0 Å². The highest BCUT2D eigenvalue weighted by molar-refractivity contribution is 5.72. The predicted molar refractivity (Wildman–Crippen MR) is 80.1 cm³/mol. The predicted octanol–water partition coefficient (Wildman–Crippen LogP) is 2.50. The largest absolute Gasteiger partial charge is 0.469 e. The van der Waals surface area contributed by atoms with Gasteiger partial charge in [-0.15, -0.1) is 0 Å². The van der Waals surface area contributed by atoms with Crippen LogP contribution in [0.2, 0.25) is 0 Å². The van der Waals surface area contributed by atoms with Crippen LogP contribution in [0, 0.1) is 5.92 Å². The van der Waals surface area contributed by atoms with Crippen molar-refractivity contribution in [3.05, 3.63) is 17.6 Å². The topological polar surface area (TPSA) is 64.1 Å². The summed E-state index contributed by atoms with van der Waals surface area (Å²) in [6.45, 7) is 0. The first-order valence-electron chi connectivity index (χ1n) is 7.95. The number of anilines is 1. The summed E-state index contributed by atoms with van der Waals surface area (Å²) in [4.78, 5) is 20.4. The lowest BCUT2D eigenvalue weighted by Gasteiger charge is -2.29. The van der Waals surface area contributed by atoms with Crippen molar-refractivity contribution in [3.63, 3.8) is 0 Å². The molecule has 1 aromatic rings. The Morgan fingerprint density at radius 1 is 1.19 bits per heavy atom. The number of hydrogen-bond donors (Lipinski definition) is 1. The van der Waals surface area contributed by atoms with Gasteiger partial charge in [-0.3, -0.25) is 4.79 Å². The first kappa shape index (κ1) is 14.3. The molecule has 0 saturated heterocycles. The van der Waals surface area contributed by atoms with Crippen molar-refractivity contribution in [2.45, 2.75) is 57.4 Å². The normalized spacial score (nSPS) is 25.0. The Bertz CT molecular complexity index is 510. The van der Waals surface area contributed by atoms with E-state index in [1.165, 1.54) is 31.2 Å².